The van der Waals surface area contributed by atoms with Crippen LogP contribution >= 0.6 is 15.9 Å². The summed E-state index contributed by atoms with van der Waals surface area (Å²) in [6.07, 6.45) is 1.22. The van der Waals surface area contributed by atoms with Gasteiger partial charge in [0.05, 0.1) is 12.3 Å². The lowest BCUT2D eigenvalue weighted by molar-refractivity contribution is 0.335. The van der Waals surface area contributed by atoms with Gasteiger partial charge in [-0.3, -0.25) is 0 Å². The van der Waals surface area contributed by atoms with E-state index in [0.29, 0.717) is 19.6 Å². The van der Waals surface area contributed by atoms with Crippen molar-refractivity contribution >= 4 is 31.6 Å². The number of hydrogen-bond acceptors (Lipinski definition) is 4. The highest BCUT2D eigenvalue weighted by atomic mass is 79.9. The number of nitrogens with one attached hydrogen (secondary N) is 1. The summed E-state index contributed by atoms with van der Waals surface area (Å²) in [5.74, 6) is 0. The number of sulfonamides is 1. The molecule has 1 aromatic carbocycles. The highest BCUT2D eigenvalue weighted by Crippen LogP contribution is 2.26. The van der Waals surface area contributed by atoms with Crippen LogP contribution in [0.3, 0.4) is 0 Å². The molecule has 0 saturated carbocycles. The monoisotopic (exact) mass is 333 g/mol. The standard InChI is InChI=1S/C11H16BrN3O2S/c1-18(16,17)15-7-8-4-9(12)2-3-11(8)14-6-10(15)5-13/h2-4,10,14H,5-7,13H2,1H3. The summed E-state index contributed by atoms with van der Waals surface area (Å²) >= 11 is 3.40. The first-order chi connectivity index (χ1) is 8.41. The van der Waals surface area contributed by atoms with Crippen molar-refractivity contribution in [1.29, 1.82) is 0 Å². The largest absolute Gasteiger partial charge is 0.383 e. The van der Waals surface area contributed by atoms with Gasteiger partial charge < -0.3 is 11.1 Å². The van der Waals surface area contributed by atoms with Crippen LogP contribution in [-0.2, 0) is 16.6 Å². The van der Waals surface area contributed by atoms with Gasteiger partial charge in [0.15, 0.2) is 0 Å². The summed E-state index contributed by atoms with van der Waals surface area (Å²) in [5, 5.41) is 3.25. The zero-order chi connectivity index (χ0) is 13.3. The molecule has 1 atom stereocenters. The van der Waals surface area contributed by atoms with Gasteiger partial charge in [0.25, 0.3) is 0 Å². The lowest BCUT2D eigenvalue weighted by Crippen LogP contribution is -2.45. The molecule has 18 heavy (non-hydrogen) atoms. The molecule has 0 spiro atoms. The molecular formula is C11H16BrN3O2S. The Morgan fingerprint density at radius 2 is 2.28 bits per heavy atom. The van der Waals surface area contributed by atoms with E-state index in [4.69, 9.17) is 5.73 Å². The van der Waals surface area contributed by atoms with Crippen LogP contribution in [-0.4, -0.2) is 38.1 Å². The maximum atomic E-state index is 11.8. The Balaban J connectivity index is 2.42. The Bertz CT molecular complexity index is 547. The highest BCUT2D eigenvalue weighted by molar-refractivity contribution is 9.10. The van der Waals surface area contributed by atoms with Crippen molar-refractivity contribution in [2.45, 2.75) is 12.6 Å². The first kappa shape index (κ1) is 13.8. The summed E-state index contributed by atoms with van der Waals surface area (Å²) in [6, 6.07) is 5.59. The van der Waals surface area contributed by atoms with Gasteiger partial charge in [-0.05, 0) is 23.8 Å². The molecule has 100 valence electrons. The second kappa shape index (κ2) is 5.16. The molecule has 1 aromatic rings. The third kappa shape index (κ3) is 2.85. The summed E-state index contributed by atoms with van der Waals surface area (Å²) in [6.45, 7) is 1.18. The van der Waals surface area contributed by atoms with E-state index in [-0.39, 0.29) is 6.04 Å². The number of halogens is 1. The SMILES string of the molecule is CS(=O)(=O)N1Cc2cc(Br)ccc2NCC1CN. The van der Waals surface area contributed by atoms with Crippen LogP contribution in [0.4, 0.5) is 5.69 Å². The number of rotatable bonds is 2. The maximum absolute atomic E-state index is 11.8. The Kier molecular flexibility index (Phi) is 3.96. The molecule has 2 rings (SSSR count). The van der Waals surface area contributed by atoms with Crippen molar-refractivity contribution in [2.24, 2.45) is 5.73 Å². The van der Waals surface area contributed by atoms with Crippen molar-refractivity contribution < 1.29 is 8.42 Å². The van der Waals surface area contributed by atoms with Crippen LogP contribution in [0.5, 0.6) is 0 Å². The maximum Gasteiger partial charge on any atom is 0.211 e. The number of hydrogen-bond donors (Lipinski definition) is 2. The van der Waals surface area contributed by atoms with Gasteiger partial charge in [-0.25, -0.2) is 8.42 Å². The van der Waals surface area contributed by atoms with Crippen molar-refractivity contribution in [1.82, 2.24) is 4.31 Å². The van der Waals surface area contributed by atoms with Crippen LogP contribution < -0.4 is 11.1 Å². The summed E-state index contributed by atoms with van der Waals surface area (Å²) in [5.41, 5.74) is 7.58. The van der Waals surface area contributed by atoms with Gasteiger partial charge in [-0.1, -0.05) is 15.9 Å². The number of fused-ring (bicyclic) bond motifs is 1. The molecule has 0 aromatic heterocycles. The molecular weight excluding hydrogens is 318 g/mol. The van der Waals surface area contributed by atoms with Crippen molar-refractivity contribution in [3.05, 3.63) is 28.2 Å². The summed E-state index contributed by atoms with van der Waals surface area (Å²) in [7, 11) is -3.27. The molecule has 3 N–H and O–H groups in total. The average Bonchev–Trinajstić information content (AvgIpc) is 2.46. The van der Waals surface area contributed by atoms with Crippen LogP contribution in [0.25, 0.3) is 0 Å². The number of nitrogens with two attached hydrogens (primary N) is 1. The zero-order valence-corrected chi connectivity index (χ0v) is 12.5. The van der Waals surface area contributed by atoms with E-state index in [1.54, 1.807) is 0 Å². The first-order valence-electron chi connectivity index (χ1n) is 5.61. The van der Waals surface area contributed by atoms with Gasteiger partial charge in [0, 0.05) is 29.8 Å². The molecule has 7 heteroatoms. The average molecular weight is 334 g/mol. The molecule has 0 bridgehead atoms. The third-order valence-corrected chi connectivity index (χ3v) is 4.80. The molecule has 0 fully saturated rings. The molecule has 1 unspecified atom stereocenters. The molecule has 0 radical (unpaired) electrons. The smallest absolute Gasteiger partial charge is 0.211 e. The topological polar surface area (TPSA) is 75.4 Å². The quantitative estimate of drug-likeness (QED) is 0.845. The minimum absolute atomic E-state index is 0.217. The van der Waals surface area contributed by atoms with E-state index in [2.05, 4.69) is 21.2 Å². The number of nitrogens with zero attached hydrogens (tertiary/aromatic N) is 1. The van der Waals surface area contributed by atoms with Crippen LogP contribution in [0, 0.1) is 0 Å². The van der Waals surface area contributed by atoms with E-state index in [1.807, 2.05) is 18.2 Å². The Morgan fingerprint density at radius 3 is 2.89 bits per heavy atom. The second-order valence-electron chi connectivity index (χ2n) is 4.38. The second-order valence-corrected chi connectivity index (χ2v) is 7.23. The van der Waals surface area contributed by atoms with E-state index in [1.165, 1.54) is 10.6 Å². The fourth-order valence-electron chi connectivity index (χ4n) is 2.08. The Morgan fingerprint density at radius 1 is 1.56 bits per heavy atom. The fourth-order valence-corrected chi connectivity index (χ4v) is 3.57. The molecule has 1 aliphatic heterocycles. The molecule has 0 saturated heterocycles. The van der Waals surface area contributed by atoms with E-state index in [0.717, 1.165) is 15.7 Å². The fraction of sp³-hybridized carbons (Fsp3) is 0.455. The van der Waals surface area contributed by atoms with E-state index < -0.39 is 10.0 Å². The van der Waals surface area contributed by atoms with Crippen molar-refractivity contribution in [3.63, 3.8) is 0 Å². The lowest BCUT2D eigenvalue weighted by atomic mass is 10.2. The molecule has 1 aliphatic rings. The Hall–Kier alpha value is -0.630. The number of anilines is 1. The van der Waals surface area contributed by atoms with Crippen LogP contribution in [0.15, 0.2) is 22.7 Å². The number of benzene rings is 1. The summed E-state index contributed by atoms with van der Waals surface area (Å²) in [4.78, 5) is 0. The van der Waals surface area contributed by atoms with Gasteiger partial charge in [0.1, 0.15) is 0 Å². The highest BCUT2D eigenvalue weighted by Gasteiger charge is 2.29. The van der Waals surface area contributed by atoms with Crippen LogP contribution in [0.1, 0.15) is 5.56 Å². The predicted octanol–water partition coefficient (Wildman–Crippen LogP) is 0.964. The molecule has 0 aliphatic carbocycles. The van der Waals surface area contributed by atoms with Crippen molar-refractivity contribution in [2.75, 3.05) is 24.7 Å². The molecule has 0 amide bonds. The van der Waals surface area contributed by atoms with Crippen LogP contribution in [0.2, 0.25) is 0 Å². The lowest BCUT2D eigenvalue weighted by Gasteiger charge is -2.26. The minimum atomic E-state index is -3.27. The van der Waals surface area contributed by atoms with Crippen molar-refractivity contribution in [3.8, 4) is 0 Å². The predicted molar refractivity (Wildman–Crippen MR) is 75.9 cm³/mol. The molecule has 5 nitrogen and oxygen atoms in total. The Labute approximate surface area is 116 Å². The van der Waals surface area contributed by atoms with Gasteiger partial charge in [0.2, 0.25) is 10.0 Å². The summed E-state index contributed by atoms with van der Waals surface area (Å²) < 4.78 is 26.1. The van der Waals surface area contributed by atoms with Gasteiger partial charge in [-0.15, -0.1) is 0 Å². The molecule has 1 heterocycles. The third-order valence-electron chi connectivity index (χ3n) is 3.03. The van der Waals surface area contributed by atoms with Gasteiger partial charge in [-0.2, -0.15) is 4.31 Å². The minimum Gasteiger partial charge on any atom is -0.383 e. The van der Waals surface area contributed by atoms with E-state index >= 15 is 0 Å². The van der Waals surface area contributed by atoms with E-state index in [9.17, 15) is 8.42 Å². The normalized spacial score (nSPS) is 20.9. The first-order valence-corrected chi connectivity index (χ1v) is 8.25. The zero-order valence-electron chi connectivity index (χ0n) is 10.1. The van der Waals surface area contributed by atoms with Gasteiger partial charge >= 0.3 is 0 Å².